The molecule has 6 bridgehead atoms. The molecule has 0 spiro atoms. The first-order valence-corrected chi connectivity index (χ1v) is 11.6. The summed E-state index contributed by atoms with van der Waals surface area (Å²) in [7, 11) is 0. The number of carbonyl (C=O) groups is 2. The van der Waals surface area contributed by atoms with Crippen molar-refractivity contribution in [2.75, 3.05) is 13.2 Å². The lowest BCUT2D eigenvalue weighted by atomic mass is 10.1. The third-order valence-electron chi connectivity index (χ3n) is 5.69. The molecule has 2 aromatic carbocycles. The molecular formula is C28H24N4O4. The van der Waals surface area contributed by atoms with Gasteiger partial charge in [0.15, 0.2) is 5.82 Å². The number of ether oxygens (including phenoxy) is 2. The second kappa shape index (κ2) is 10.7. The number of aldehydes is 1. The summed E-state index contributed by atoms with van der Waals surface area (Å²) in [5, 5.41) is 7.44. The highest BCUT2D eigenvalue weighted by Crippen LogP contribution is 2.24. The fourth-order valence-electron chi connectivity index (χ4n) is 3.88. The van der Waals surface area contributed by atoms with Crippen molar-refractivity contribution >= 4 is 12.2 Å². The van der Waals surface area contributed by atoms with Crippen LogP contribution in [0, 0.1) is 0 Å². The summed E-state index contributed by atoms with van der Waals surface area (Å²) in [5.41, 5.74) is 2.79. The Hall–Kier alpha value is -4.72. The highest BCUT2D eigenvalue weighted by molar-refractivity contribution is 5.98. The highest BCUT2D eigenvalue weighted by Gasteiger charge is 2.19. The average molecular weight is 481 g/mol. The van der Waals surface area contributed by atoms with Crippen LogP contribution in [-0.4, -0.2) is 46.2 Å². The molecular weight excluding hydrogens is 456 g/mol. The van der Waals surface area contributed by atoms with E-state index in [-0.39, 0.29) is 0 Å². The largest absolute Gasteiger partial charge is 0.490 e. The van der Waals surface area contributed by atoms with Gasteiger partial charge in [-0.1, -0.05) is 24.3 Å². The number of nitrogens with one attached hydrogen (secondary N) is 1. The third kappa shape index (κ3) is 5.33. The van der Waals surface area contributed by atoms with Crippen molar-refractivity contribution in [2.24, 2.45) is 0 Å². The van der Waals surface area contributed by atoms with E-state index in [0.717, 1.165) is 17.4 Å². The summed E-state index contributed by atoms with van der Waals surface area (Å²) in [5.74, 6) is 1.38. The lowest BCUT2D eigenvalue weighted by Crippen LogP contribution is -2.38. The maximum atomic E-state index is 13.1. The molecule has 2 aliphatic heterocycles. The Morgan fingerprint density at radius 1 is 0.944 bits per heavy atom. The predicted octanol–water partition coefficient (Wildman–Crippen LogP) is 3.80. The molecule has 8 heteroatoms. The quantitative estimate of drug-likeness (QED) is 0.329. The molecule has 0 aliphatic carbocycles. The molecule has 0 radical (unpaired) electrons. The molecule has 4 aromatic rings. The molecule has 0 saturated carbocycles. The average Bonchev–Trinajstić information content (AvgIpc) is 3.41. The zero-order chi connectivity index (χ0) is 24.7. The van der Waals surface area contributed by atoms with Crippen molar-refractivity contribution in [3.63, 3.8) is 0 Å². The number of hydrogen-bond acceptors (Lipinski definition) is 6. The van der Waals surface area contributed by atoms with Gasteiger partial charge in [0, 0.05) is 18.0 Å². The van der Waals surface area contributed by atoms with E-state index in [4.69, 9.17) is 9.47 Å². The summed E-state index contributed by atoms with van der Waals surface area (Å²) in [6.07, 6.45) is 8.24. The molecule has 2 aliphatic rings. The second-order valence-electron chi connectivity index (χ2n) is 8.21. The van der Waals surface area contributed by atoms with Gasteiger partial charge in [0.05, 0.1) is 17.3 Å². The number of carbonyl (C=O) groups excluding carboxylic acids is 2. The maximum Gasteiger partial charge on any atom is 0.255 e. The van der Waals surface area contributed by atoms with Gasteiger partial charge in [-0.05, 0) is 66.6 Å². The Kier molecular flexibility index (Phi) is 6.84. The van der Waals surface area contributed by atoms with E-state index in [0.29, 0.717) is 48.2 Å². The normalized spacial score (nSPS) is 16.8. The molecule has 6 rings (SSSR count). The maximum absolute atomic E-state index is 13.1. The van der Waals surface area contributed by atoms with Gasteiger partial charge in [0.25, 0.3) is 5.91 Å². The standard InChI is InChI=1S/C28H24N4O4/c33-19-22-17-20-8-10-23(11-9-20)35-15-1-2-16-36-24-6-3-5-21(18-24)26-12-14-32(31-26)27-25(28(34)30-22)7-4-13-29-27/h1-14,18-19,22H,15-17H2,(H,30,34)/b2-1+/t22-/m0/s1. The van der Waals surface area contributed by atoms with Crippen LogP contribution in [0.25, 0.3) is 17.1 Å². The topological polar surface area (TPSA) is 95.3 Å². The van der Waals surface area contributed by atoms with E-state index in [1.165, 1.54) is 0 Å². The first kappa shape index (κ1) is 23.0. The molecule has 2 aromatic heterocycles. The number of hydrogen-bond donors (Lipinski definition) is 1. The van der Waals surface area contributed by atoms with Gasteiger partial charge in [-0.15, -0.1) is 0 Å². The Morgan fingerprint density at radius 3 is 2.56 bits per heavy atom. The number of nitrogens with zero attached hydrogens (tertiary/aromatic N) is 3. The van der Waals surface area contributed by atoms with Crippen molar-refractivity contribution in [1.82, 2.24) is 20.1 Å². The van der Waals surface area contributed by atoms with Crippen molar-refractivity contribution in [2.45, 2.75) is 12.5 Å². The molecule has 0 saturated heterocycles. The Morgan fingerprint density at radius 2 is 1.75 bits per heavy atom. The molecule has 0 unspecified atom stereocenters. The monoisotopic (exact) mass is 480 g/mol. The summed E-state index contributed by atoms with van der Waals surface area (Å²) < 4.78 is 13.1. The Balaban J connectivity index is 1.49. The summed E-state index contributed by atoms with van der Waals surface area (Å²) in [6, 6.07) is 19.6. The van der Waals surface area contributed by atoms with Gasteiger partial charge >= 0.3 is 0 Å². The molecule has 1 atom stereocenters. The minimum Gasteiger partial charge on any atom is -0.490 e. The van der Waals surface area contributed by atoms with E-state index in [1.54, 1.807) is 29.2 Å². The minimum atomic E-state index is -0.700. The number of amides is 1. The molecule has 1 amide bonds. The van der Waals surface area contributed by atoms with E-state index in [1.807, 2.05) is 66.7 Å². The van der Waals surface area contributed by atoms with Crippen LogP contribution in [0.1, 0.15) is 15.9 Å². The lowest BCUT2D eigenvalue weighted by molar-refractivity contribution is -0.109. The fraction of sp³-hybridized carbons (Fsp3) is 0.143. The van der Waals surface area contributed by atoms with Crippen LogP contribution in [0.5, 0.6) is 11.5 Å². The second-order valence-corrected chi connectivity index (χ2v) is 8.21. The van der Waals surface area contributed by atoms with Gasteiger partial charge in [-0.3, -0.25) is 4.79 Å². The molecule has 8 nitrogen and oxygen atoms in total. The first-order chi connectivity index (χ1) is 17.7. The third-order valence-corrected chi connectivity index (χ3v) is 5.69. The number of rotatable bonds is 1. The van der Waals surface area contributed by atoms with E-state index >= 15 is 0 Å². The van der Waals surface area contributed by atoms with Crippen LogP contribution in [-0.2, 0) is 11.2 Å². The number of benzene rings is 2. The van der Waals surface area contributed by atoms with Crippen LogP contribution in [0.3, 0.4) is 0 Å². The van der Waals surface area contributed by atoms with Crippen molar-refractivity contribution < 1.29 is 19.1 Å². The van der Waals surface area contributed by atoms with Gasteiger partial charge in [-0.2, -0.15) is 5.10 Å². The summed E-state index contributed by atoms with van der Waals surface area (Å²) in [6.45, 7) is 0.806. The number of aromatic nitrogens is 3. The Bertz CT molecular complexity index is 1390. The van der Waals surface area contributed by atoms with Crippen LogP contribution in [0.4, 0.5) is 0 Å². The van der Waals surface area contributed by atoms with E-state index in [2.05, 4.69) is 15.4 Å². The van der Waals surface area contributed by atoms with Crippen LogP contribution in [0.15, 0.2) is 91.3 Å². The van der Waals surface area contributed by atoms with Crippen LogP contribution < -0.4 is 14.8 Å². The van der Waals surface area contributed by atoms with Crippen molar-refractivity contribution in [1.29, 1.82) is 0 Å². The predicted molar refractivity (Wildman–Crippen MR) is 134 cm³/mol. The molecule has 4 heterocycles. The van der Waals surface area contributed by atoms with E-state index < -0.39 is 11.9 Å². The van der Waals surface area contributed by atoms with Gasteiger partial charge < -0.3 is 19.6 Å². The fourth-order valence-corrected chi connectivity index (χ4v) is 3.88. The molecule has 180 valence electrons. The lowest BCUT2D eigenvalue weighted by Gasteiger charge is -2.15. The first-order valence-electron chi connectivity index (χ1n) is 11.6. The van der Waals surface area contributed by atoms with Gasteiger partial charge in [0.2, 0.25) is 0 Å². The van der Waals surface area contributed by atoms with Crippen LogP contribution in [0.2, 0.25) is 0 Å². The molecule has 36 heavy (non-hydrogen) atoms. The molecule has 0 fully saturated rings. The smallest absolute Gasteiger partial charge is 0.255 e. The number of fused-ring (bicyclic) bond motifs is 9. The summed E-state index contributed by atoms with van der Waals surface area (Å²) >= 11 is 0. The summed E-state index contributed by atoms with van der Waals surface area (Å²) in [4.78, 5) is 29.3. The minimum absolute atomic E-state index is 0.314. The van der Waals surface area contributed by atoms with Gasteiger partial charge in [0.1, 0.15) is 31.0 Å². The van der Waals surface area contributed by atoms with E-state index in [9.17, 15) is 9.59 Å². The number of pyridine rings is 1. The van der Waals surface area contributed by atoms with Crippen LogP contribution >= 0.6 is 0 Å². The van der Waals surface area contributed by atoms with Crippen molar-refractivity contribution in [3.8, 4) is 28.6 Å². The zero-order valence-corrected chi connectivity index (χ0v) is 19.4. The highest BCUT2D eigenvalue weighted by atomic mass is 16.5. The van der Waals surface area contributed by atoms with Gasteiger partial charge in [-0.25, -0.2) is 9.67 Å². The van der Waals surface area contributed by atoms with Crippen molar-refractivity contribution in [3.05, 3.63) is 102 Å². The Labute approximate surface area is 208 Å². The molecule has 1 N–H and O–H groups in total. The zero-order valence-electron chi connectivity index (χ0n) is 19.4. The SMILES string of the molecule is O=C[C@@H]1Cc2ccc(cc2)OC/C=C/COc2cccc(c2)-c2ccn(n2)-c2ncccc2C(=O)N1.